The molecule has 88 valence electrons. The molecule has 0 aliphatic carbocycles. The average molecular weight is 221 g/mol. The van der Waals surface area contributed by atoms with Crippen LogP contribution in [-0.4, -0.2) is 25.2 Å². The number of aliphatic carboxylic acids is 1. The van der Waals surface area contributed by atoms with Crippen LogP contribution in [0, 0.1) is 13.8 Å². The summed E-state index contributed by atoms with van der Waals surface area (Å²) in [5, 5.41) is 8.65. The van der Waals surface area contributed by atoms with E-state index in [0.717, 1.165) is 5.56 Å². The molecule has 0 saturated heterocycles. The van der Waals surface area contributed by atoms with E-state index in [9.17, 15) is 4.79 Å². The number of anilines is 1. The molecule has 16 heavy (non-hydrogen) atoms. The van der Waals surface area contributed by atoms with Gasteiger partial charge in [-0.15, -0.1) is 0 Å². The van der Waals surface area contributed by atoms with E-state index in [1.165, 1.54) is 16.8 Å². The molecule has 3 heteroatoms. The number of nitrogens with zero attached hydrogens (tertiary/aromatic N) is 1. The lowest BCUT2D eigenvalue weighted by molar-refractivity contribution is -0.136. The smallest absolute Gasteiger partial charge is 0.303 e. The Morgan fingerprint density at radius 1 is 1.25 bits per heavy atom. The first-order valence-corrected chi connectivity index (χ1v) is 5.41. The Morgan fingerprint density at radius 2 is 1.75 bits per heavy atom. The normalized spacial score (nSPS) is 10.2. The second-order valence-electron chi connectivity index (χ2n) is 4.37. The van der Waals surface area contributed by atoms with Crippen LogP contribution in [-0.2, 0) is 11.2 Å². The summed E-state index contributed by atoms with van der Waals surface area (Å²) in [5.41, 5.74) is 4.72. The quantitative estimate of drug-likeness (QED) is 0.848. The predicted molar refractivity (Wildman–Crippen MR) is 66.2 cm³/mol. The highest BCUT2D eigenvalue weighted by Crippen LogP contribution is 2.25. The molecule has 0 aliphatic heterocycles. The number of carboxylic acids is 1. The van der Waals surface area contributed by atoms with Gasteiger partial charge in [0.2, 0.25) is 0 Å². The SMILES string of the molecule is Cc1cc(CCC(=O)O)cc(C)c1N(C)C. The first-order valence-electron chi connectivity index (χ1n) is 5.41. The average Bonchev–Trinajstić information content (AvgIpc) is 2.12. The van der Waals surface area contributed by atoms with Gasteiger partial charge in [-0.3, -0.25) is 4.79 Å². The third kappa shape index (κ3) is 2.99. The lowest BCUT2D eigenvalue weighted by atomic mass is 10.0. The molecule has 0 unspecified atom stereocenters. The van der Waals surface area contributed by atoms with Crippen molar-refractivity contribution in [2.45, 2.75) is 26.7 Å². The molecule has 1 aromatic carbocycles. The van der Waals surface area contributed by atoms with E-state index in [0.29, 0.717) is 6.42 Å². The second-order valence-corrected chi connectivity index (χ2v) is 4.37. The number of rotatable bonds is 4. The van der Waals surface area contributed by atoms with E-state index in [4.69, 9.17) is 5.11 Å². The molecule has 3 nitrogen and oxygen atoms in total. The summed E-state index contributed by atoms with van der Waals surface area (Å²) in [4.78, 5) is 12.6. The minimum absolute atomic E-state index is 0.195. The van der Waals surface area contributed by atoms with Gasteiger partial charge >= 0.3 is 5.97 Å². The summed E-state index contributed by atoms with van der Waals surface area (Å²) in [7, 11) is 4.04. The fraction of sp³-hybridized carbons (Fsp3) is 0.462. The van der Waals surface area contributed by atoms with Gasteiger partial charge in [0.25, 0.3) is 0 Å². The minimum atomic E-state index is -0.744. The van der Waals surface area contributed by atoms with Crippen LogP contribution >= 0.6 is 0 Å². The Kier molecular flexibility index (Phi) is 3.93. The van der Waals surface area contributed by atoms with Crippen molar-refractivity contribution in [3.8, 4) is 0 Å². The van der Waals surface area contributed by atoms with Gasteiger partial charge in [0.05, 0.1) is 0 Å². The van der Waals surface area contributed by atoms with Crippen molar-refractivity contribution in [3.63, 3.8) is 0 Å². The summed E-state index contributed by atoms with van der Waals surface area (Å²) >= 11 is 0. The second kappa shape index (κ2) is 5.01. The van der Waals surface area contributed by atoms with Crippen LogP contribution in [0.2, 0.25) is 0 Å². The van der Waals surface area contributed by atoms with Crippen LogP contribution in [0.4, 0.5) is 5.69 Å². The molecule has 0 spiro atoms. The van der Waals surface area contributed by atoms with Gasteiger partial charge in [-0.25, -0.2) is 0 Å². The molecule has 1 N–H and O–H groups in total. The summed E-state index contributed by atoms with van der Waals surface area (Å²) in [5.74, 6) is -0.744. The van der Waals surface area contributed by atoms with Crippen LogP contribution in [0.1, 0.15) is 23.1 Å². The van der Waals surface area contributed by atoms with E-state index in [2.05, 4.69) is 30.9 Å². The third-order valence-corrected chi connectivity index (χ3v) is 2.63. The molecule has 0 atom stereocenters. The van der Waals surface area contributed by atoms with Gasteiger partial charge < -0.3 is 10.0 Å². The molecule has 0 amide bonds. The van der Waals surface area contributed by atoms with Crippen molar-refractivity contribution < 1.29 is 9.90 Å². The summed E-state index contributed by atoms with van der Waals surface area (Å²) < 4.78 is 0. The summed E-state index contributed by atoms with van der Waals surface area (Å²) in [6, 6.07) is 4.15. The molecule has 0 fully saturated rings. The first kappa shape index (κ1) is 12.6. The van der Waals surface area contributed by atoms with Crippen LogP contribution in [0.5, 0.6) is 0 Å². The van der Waals surface area contributed by atoms with Crippen molar-refractivity contribution in [3.05, 3.63) is 28.8 Å². The highest BCUT2D eigenvalue weighted by atomic mass is 16.4. The highest BCUT2D eigenvalue weighted by Gasteiger charge is 2.07. The minimum Gasteiger partial charge on any atom is -0.481 e. The Labute approximate surface area is 96.7 Å². The lowest BCUT2D eigenvalue weighted by Gasteiger charge is -2.19. The van der Waals surface area contributed by atoms with Gasteiger partial charge in [-0.2, -0.15) is 0 Å². The maximum atomic E-state index is 10.5. The van der Waals surface area contributed by atoms with Crippen molar-refractivity contribution in [1.82, 2.24) is 0 Å². The fourth-order valence-corrected chi connectivity index (χ4v) is 2.15. The molecule has 0 aromatic heterocycles. The number of aryl methyl sites for hydroxylation is 3. The highest BCUT2D eigenvalue weighted by molar-refractivity contribution is 5.67. The Hall–Kier alpha value is -1.51. The van der Waals surface area contributed by atoms with E-state index in [1.807, 2.05) is 14.1 Å². The molecule has 0 radical (unpaired) electrons. The van der Waals surface area contributed by atoms with Gasteiger partial charge in [-0.1, -0.05) is 12.1 Å². The topological polar surface area (TPSA) is 40.5 Å². The third-order valence-electron chi connectivity index (χ3n) is 2.63. The summed E-state index contributed by atoms with van der Waals surface area (Å²) in [6.07, 6.45) is 0.797. The van der Waals surface area contributed by atoms with Crippen molar-refractivity contribution in [1.29, 1.82) is 0 Å². The molecule has 1 rings (SSSR count). The standard InChI is InChI=1S/C13H19NO2/c1-9-7-11(5-6-12(15)16)8-10(2)13(9)14(3)4/h7-8H,5-6H2,1-4H3,(H,15,16). The number of hydrogen-bond donors (Lipinski definition) is 1. The molecule has 0 bridgehead atoms. The lowest BCUT2D eigenvalue weighted by Crippen LogP contribution is -2.12. The molecule has 0 aliphatic rings. The van der Waals surface area contributed by atoms with Gasteiger partial charge in [0.15, 0.2) is 0 Å². The molecule has 0 saturated carbocycles. The number of carbonyl (C=O) groups is 1. The van der Waals surface area contributed by atoms with Crippen LogP contribution < -0.4 is 4.90 Å². The predicted octanol–water partition coefficient (Wildman–Crippen LogP) is 2.39. The Balaban J connectivity index is 2.96. The maximum Gasteiger partial charge on any atom is 0.303 e. The molecular weight excluding hydrogens is 202 g/mol. The maximum absolute atomic E-state index is 10.5. The van der Waals surface area contributed by atoms with Gasteiger partial charge in [0.1, 0.15) is 0 Å². The van der Waals surface area contributed by atoms with Crippen LogP contribution in [0.25, 0.3) is 0 Å². The summed E-state index contributed by atoms with van der Waals surface area (Å²) in [6.45, 7) is 4.12. The fourth-order valence-electron chi connectivity index (χ4n) is 2.15. The zero-order valence-electron chi connectivity index (χ0n) is 10.4. The first-order chi connectivity index (χ1) is 7.41. The van der Waals surface area contributed by atoms with E-state index >= 15 is 0 Å². The molecule has 0 heterocycles. The van der Waals surface area contributed by atoms with Gasteiger partial charge in [0, 0.05) is 26.2 Å². The zero-order valence-corrected chi connectivity index (χ0v) is 10.4. The van der Waals surface area contributed by atoms with Crippen molar-refractivity contribution in [2.24, 2.45) is 0 Å². The Morgan fingerprint density at radius 3 is 2.12 bits per heavy atom. The van der Waals surface area contributed by atoms with Crippen molar-refractivity contribution >= 4 is 11.7 Å². The van der Waals surface area contributed by atoms with E-state index < -0.39 is 5.97 Å². The monoisotopic (exact) mass is 221 g/mol. The molecular formula is C13H19NO2. The molecule has 1 aromatic rings. The van der Waals surface area contributed by atoms with Gasteiger partial charge in [-0.05, 0) is 37.0 Å². The zero-order chi connectivity index (χ0) is 12.3. The van der Waals surface area contributed by atoms with E-state index in [1.54, 1.807) is 0 Å². The number of hydrogen-bond acceptors (Lipinski definition) is 2. The number of benzene rings is 1. The largest absolute Gasteiger partial charge is 0.481 e. The van der Waals surface area contributed by atoms with Crippen LogP contribution in [0.15, 0.2) is 12.1 Å². The van der Waals surface area contributed by atoms with Crippen LogP contribution in [0.3, 0.4) is 0 Å². The van der Waals surface area contributed by atoms with E-state index in [-0.39, 0.29) is 6.42 Å². The number of carboxylic acid groups (broad SMARTS) is 1. The Bertz CT molecular complexity index is 374. The van der Waals surface area contributed by atoms with Crippen molar-refractivity contribution in [2.75, 3.05) is 19.0 Å².